The summed E-state index contributed by atoms with van der Waals surface area (Å²) >= 11 is 3.44. The van der Waals surface area contributed by atoms with E-state index < -0.39 is 10.2 Å². The number of likely N-dealkylation sites (N-methyl/N-ethyl adjacent to an activating group) is 1. The lowest BCUT2D eigenvalue weighted by molar-refractivity contribution is 0.246. The van der Waals surface area contributed by atoms with E-state index in [2.05, 4.69) is 26.0 Å². The predicted molar refractivity (Wildman–Crippen MR) is 88.2 cm³/mol. The fourth-order valence-corrected chi connectivity index (χ4v) is 4.49. The lowest BCUT2D eigenvalue weighted by Crippen LogP contribution is -2.51. The lowest BCUT2D eigenvalue weighted by atomic mass is 10.1. The predicted octanol–water partition coefficient (Wildman–Crippen LogP) is 1.86. The molecule has 0 bridgehead atoms. The van der Waals surface area contributed by atoms with Crippen LogP contribution in [0.15, 0.2) is 28.7 Å². The molecule has 2 N–H and O–H groups in total. The first kappa shape index (κ1) is 16.9. The average Bonchev–Trinajstić information content (AvgIpc) is 2.47. The van der Waals surface area contributed by atoms with Gasteiger partial charge >= 0.3 is 0 Å². The molecule has 21 heavy (non-hydrogen) atoms. The van der Waals surface area contributed by atoms with Crippen LogP contribution in [0.1, 0.15) is 24.8 Å². The van der Waals surface area contributed by atoms with Gasteiger partial charge in [0.1, 0.15) is 0 Å². The monoisotopic (exact) mass is 375 g/mol. The van der Waals surface area contributed by atoms with E-state index in [-0.39, 0.29) is 6.04 Å². The lowest BCUT2D eigenvalue weighted by Gasteiger charge is -2.34. The van der Waals surface area contributed by atoms with Crippen LogP contribution in [0.5, 0.6) is 0 Å². The third-order valence-corrected chi connectivity index (χ3v) is 6.11. The average molecular weight is 376 g/mol. The van der Waals surface area contributed by atoms with Crippen molar-refractivity contribution in [1.29, 1.82) is 0 Å². The third kappa shape index (κ3) is 4.50. The number of nitrogens with one attached hydrogen (secondary N) is 2. The molecule has 0 aromatic heterocycles. The summed E-state index contributed by atoms with van der Waals surface area (Å²) in [5.41, 5.74) is 0.934. The summed E-state index contributed by atoms with van der Waals surface area (Å²) in [6.45, 7) is 1.58. The molecule has 0 saturated carbocycles. The minimum absolute atomic E-state index is 0.0421. The molecule has 0 radical (unpaired) electrons. The van der Waals surface area contributed by atoms with Crippen molar-refractivity contribution in [2.24, 2.45) is 0 Å². The van der Waals surface area contributed by atoms with Gasteiger partial charge in [-0.15, -0.1) is 0 Å². The highest BCUT2D eigenvalue weighted by atomic mass is 79.9. The zero-order valence-corrected chi connectivity index (χ0v) is 14.6. The molecule has 0 spiro atoms. The van der Waals surface area contributed by atoms with Crippen molar-refractivity contribution < 1.29 is 8.42 Å². The number of rotatable bonds is 6. The van der Waals surface area contributed by atoms with E-state index in [1.165, 1.54) is 0 Å². The quantitative estimate of drug-likeness (QED) is 0.797. The maximum absolute atomic E-state index is 12.5. The molecule has 1 aliphatic rings. The molecule has 1 aliphatic heterocycles. The van der Waals surface area contributed by atoms with Crippen LogP contribution in [0.3, 0.4) is 0 Å². The van der Waals surface area contributed by atoms with Crippen molar-refractivity contribution >= 4 is 26.1 Å². The van der Waals surface area contributed by atoms with Gasteiger partial charge in [-0.2, -0.15) is 17.4 Å². The molecule has 1 fully saturated rings. The molecule has 1 saturated heterocycles. The summed E-state index contributed by atoms with van der Waals surface area (Å²) in [6.07, 6.45) is 2.93. The van der Waals surface area contributed by atoms with E-state index in [1.54, 1.807) is 4.31 Å². The standard InChI is InChI=1S/C14H22BrN3O2S/c1-16-11-13-7-4-5-9-18(13)21(19,20)17-10-12-6-2-3-8-14(12)15/h2-3,6,8,13,16-17H,4-5,7,9-11H2,1H3. The summed E-state index contributed by atoms with van der Waals surface area (Å²) in [5, 5.41) is 3.08. The highest BCUT2D eigenvalue weighted by Gasteiger charge is 2.31. The van der Waals surface area contributed by atoms with Crippen molar-refractivity contribution in [2.75, 3.05) is 20.1 Å². The van der Waals surface area contributed by atoms with Gasteiger partial charge in [-0.05, 0) is 31.5 Å². The summed E-state index contributed by atoms with van der Waals surface area (Å²) < 4.78 is 30.3. The number of hydrogen-bond donors (Lipinski definition) is 2. The van der Waals surface area contributed by atoms with Crippen LogP contribution in [0.25, 0.3) is 0 Å². The smallest absolute Gasteiger partial charge is 0.280 e. The summed E-state index contributed by atoms with van der Waals surface area (Å²) in [4.78, 5) is 0. The zero-order valence-electron chi connectivity index (χ0n) is 12.2. The maximum Gasteiger partial charge on any atom is 0.280 e. The number of nitrogens with zero attached hydrogens (tertiary/aromatic N) is 1. The zero-order chi connectivity index (χ0) is 15.3. The minimum Gasteiger partial charge on any atom is -0.318 e. The Labute approximate surface area is 135 Å². The van der Waals surface area contributed by atoms with Crippen molar-refractivity contribution in [1.82, 2.24) is 14.3 Å². The molecule has 118 valence electrons. The van der Waals surface area contributed by atoms with E-state index in [0.717, 1.165) is 29.3 Å². The van der Waals surface area contributed by atoms with Gasteiger partial charge in [0.05, 0.1) is 0 Å². The molecular formula is C14H22BrN3O2S. The van der Waals surface area contributed by atoms with Crippen LogP contribution in [0.2, 0.25) is 0 Å². The van der Waals surface area contributed by atoms with Crippen molar-refractivity contribution in [3.8, 4) is 0 Å². The number of piperidine rings is 1. The molecule has 1 aromatic rings. The fourth-order valence-electron chi connectivity index (χ4n) is 2.62. The Bertz CT molecular complexity index is 563. The molecule has 0 amide bonds. The Morgan fingerprint density at radius 1 is 1.33 bits per heavy atom. The van der Waals surface area contributed by atoms with Crippen LogP contribution in [0, 0.1) is 0 Å². The van der Waals surface area contributed by atoms with Crippen LogP contribution in [-0.2, 0) is 16.8 Å². The molecule has 2 rings (SSSR count). The largest absolute Gasteiger partial charge is 0.318 e. The second-order valence-electron chi connectivity index (χ2n) is 5.24. The Morgan fingerprint density at radius 3 is 2.81 bits per heavy atom. The number of benzene rings is 1. The molecule has 5 nitrogen and oxygen atoms in total. The summed E-state index contributed by atoms with van der Waals surface area (Å²) in [6, 6.07) is 7.68. The van der Waals surface area contributed by atoms with Crippen molar-refractivity contribution in [3.63, 3.8) is 0 Å². The van der Waals surface area contributed by atoms with Gasteiger partial charge in [-0.1, -0.05) is 40.5 Å². The molecule has 7 heteroatoms. The van der Waals surface area contributed by atoms with E-state index >= 15 is 0 Å². The second-order valence-corrected chi connectivity index (χ2v) is 7.80. The van der Waals surface area contributed by atoms with E-state index in [4.69, 9.17) is 0 Å². The highest BCUT2D eigenvalue weighted by molar-refractivity contribution is 9.10. The highest BCUT2D eigenvalue weighted by Crippen LogP contribution is 2.20. The van der Waals surface area contributed by atoms with Crippen LogP contribution in [-0.4, -0.2) is 38.9 Å². The van der Waals surface area contributed by atoms with E-state index in [1.807, 2.05) is 31.3 Å². The molecule has 0 aliphatic carbocycles. The number of hydrogen-bond acceptors (Lipinski definition) is 3. The van der Waals surface area contributed by atoms with Crippen molar-refractivity contribution in [2.45, 2.75) is 31.8 Å². The first-order valence-electron chi connectivity index (χ1n) is 7.19. The van der Waals surface area contributed by atoms with E-state index in [0.29, 0.717) is 19.6 Å². The Morgan fingerprint density at radius 2 is 2.10 bits per heavy atom. The maximum atomic E-state index is 12.5. The Kier molecular flexibility index (Phi) is 6.19. The SMILES string of the molecule is CNCC1CCCCN1S(=O)(=O)NCc1ccccc1Br. The Balaban J connectivity index is 2.05. The van der Waals surface area contributed by atoms with Crippen LogP contribution >= 0.6 is 15.9 Å². The van der Waals surface area contributed by atoms with Gasteiger partial charge in [0.2, 0.25) is 0 Å². The summed E-state index contributed by atoms with van der Waals surface area (Å²) in [5.74, 6) is 0. The molecular weight excluding hydrogens is 354 g/mol. The molecule has 1 atom stereocenters. The second kappa shape index (κ2) is 7.69. The number of halogens is 1. The van der Waals surface area contributed by atoms with Gasteiger partial charge in [-0.25, -0.2) is 0 Å². The van der Waals surface area contributed by atoms with Gasteiger partial charge in [0.15, 0.2) is 0 Å². The molecule has 1 heterocycles. The first-order chi connectivity index (χ1) is 10.0. The van der Waals surface area contributed by atoms with Gasteiger partial charge in [0.25, 0.3) is 10.2 Å². The minimum atomic E-state index is -3.45. The summed E-state index contributed by atoms with van der Waals surface area (Å²) in [7, 11) is -1.59. The van der Waals surface area contributed by atoms with Gasteiger partial charge in [-0.3, -0.25) is 0 Å². The molecule has 1 unspecified atom stereocenters. The first-order valence-corrected chi connectivity index (χ1v) is 9.42. The van der Waals surface area contributed by atoms with E-state index in [9.17, 15) is 8.42 Å². The fraction of sp³-hybridized carbons (Fsp3) is 0.571. The van der Waals surface area contributed by atoms with Gasteiger partial charge < -0.3 is 5.32 Å². The van der Waals surface area contributed by atoms with Crippen LogP contribution < -0.4 is 10.0 Å². The topological polar surface area (TPSA) is 61.4 Å². The normalized spacial score (nSPS) is 20.6. The molecule has 1 aromatic carbocycles. The third-order valence-electron chi connectivity index (χ3n) is 3.72. The Hall–Kier alpha value is -0.470. The van der Waals surface area contributed by atoms with Crippen LogP contribution in [0.4, 0.5) is 0 Å². The van der Waals surface area contributed by atoms with Gasteiger partial charge in [0, 0.05) is 30.1 Å². The van der Waals surface area contributed by atoms with Crippen molar-refractivity contribution in [3.05, 3.63) is 34.3 Å².